The summed E-state index contributed by atoms with van der Waals surface area (Å²) in [6.45, 7) is 9.05. The highest BCUT2D eigenvalue weighted by Crippen LogP contribution is 2.31. The second-order valence-electron chi connectivity index (χ2n) is 11.4. The van der Waals surface area contributed by atoms with E-state index in [4.69, 9.17) is 9.47 Å². The zero-order valence-electron chi connectivity index (χ0n) is 24.8. The maximum Gasteiger partial charge on any atom is 0.407 e. The van der Waals surface area contributed by atoms with E-state index in [0.29, 0.717) is 32.7 Å². The number of ether oxygens (including phenoxy) is 2. The summed E-state index contributed by atoms with van der Waals surface area (Å²) in [4.78, 5) is 30.3. The number of hydrogen-bond donors (Lipinski definition) is 2. The minimum atomic E-state index is -0.855. The van der Waals surface area contributed by atoms with Crippen molar-refractivity contribution in [1.29, 1.82) is 0 Å². The van der Waals surface area contributed by atoms with Crippen molar-refractivity contribution in [1.82, 2.24) is 9.80 Å². The van der Waals surface area contributed by atoms with Crippen molar-refractivity contribution in [2.24, 2.45) is 5.92 Å². The van der Waals surface area contributed by atoms with E-state index in [1.54, 1.807) is 4.90 Å². The second-order valence-corrected chi connectivity index (χ2v) is 11.4. The van der Waals surface area contributed by atoms with Gasteiger partial charge in [-0.3, -0.25) is 9.69 Å². The van der Waals surface area contributed by atoms with Gasteiger partial charge in [-0.25, -0.2) is 4.79 Å². The number of piperazine rings is 1. The Hall–Kier alpha value is -3.14. The predicted molar refractivity (Wildman–Crippen MR) is 158 cm³/mol. The van der Waals surface area contributed by atoms with Gasteiger partial charge in [0.15, 0.2) is 6.29 Å². The summed E-state index contributed by atoms with van der Waals surface area (Å²) in [5.41, 5.74) is 4.18. The van der Waals surface area contributed by atoms with Crippen molar-refractivity contribution in [3.05, 3.63) is 59.2 Å². The first-order chi connectivity index (χ1) is 19.6. The standard InChI is InChI=1S/C32H45N3O6/c1-5-40-30(36)19-24-7-6-8-29(18-24)41-28-13-10-25(11-14-28)31(37)33(4)27-12-9-26(22(2)17-27)21-34-15-16-35(32(38)39)23(3)20-34/h6-9,12,17-18,23,25,28,30,36H,5,10-11,13-16,19-21H2,1-4H3,(H,38,39)/t23-,25?,28?,30?/m0/s1. The minimum Gasteiger partial charge on any atom is -0.490 e. The smallest absolute Gasteiger partial charge is 0.407 e. The van der Waals surface area contributed by atoms with Crippen LogP contribution >= 0.6 is 0 Å². The number of nitrogens with zero attached hydrogens (tertiary/aromatic N) is 3. The first kappa shape index (κ1) is 30.8. The monoisotopic (exact) mass is 567 g/mol. The summed E-state index contributed by atoms with van der Waals surface area (Å²) in [6, 6.07) is 13.9. The molecule has 2 N–H and O–H groups in total. The molecule has 0 spiro atoms. The van der Waals surface area contributed by atoms with Crippen molar-refractivity contribution in [3.8, 4) is 5.75 Å². The third kappa shape index (κ3) is 8.21. The van der Waals surface area contributed by atoms with Crippen molar-refractivity contribution >= 4 is 17.7 Å². The van der Waals surface area contributed by atoms with Gasteiger partial charge in [-0.1, -0.05) is 18.2 Å². The number of benzene rings is 2. The Morgan fingerprint density at radius 3 is 2.51 bits per heavy atom. The number of amides is 2. The van der Waals surface area contributed by atoms with Gasteiger partial charge in [0, 0.05) is 63.9 Å². The van der Waals surface area contributed by atoms with Crippen LogP contribution in [0.15, 0.2) is 42.5 Å². The normalized spacial score (nSPS) is 22.3. The fourth-order valence-corrected chi connectivity index (χ4v) is 5.99. The van der Waals surface area contributed by atoms with E-state index < -0.39 is 12.4 Å². The lowest BCUT2D eigenvalue weighted by Crippen LogP contribution is -2.53. The molecule has 9 heteroatoms. The number of carboxylic acid groups (broad SMARTS) is 1. The lowest BCUT2D eigenvalue weighted by atomic mass is 9.86. The van der Waals surface area contributed by atoms with E-state index in [2.05, 4.69) is 24.0 Å². The van der Waals surface area contributed by atoms with Crippen molar-refractivity contribution in [3.63, 3.8) is 0 Å². The molecule has 1 saturated heterocycles. The van der Waals surface area contributed by atoms with E-state index in [-0.39, 0.29) is 24.0 Å². The van der Waals surface area contributed by atoms with E-state index in [0.717, 1.165) is 54.8 Å². The fourth-order valence-electron chi connectivity index (χ4n) is 5.99. The highest BCUT2D eigenvalue weighted by atomic mass is 16.6. The van der Waals surface area contributed by atoms with Gasteiger partial charge >= 0.3 is 6.09 Å². The average Bonchev–Trinajstić information content (AvgIpc) is 2.94. The molecule has 1 aliphatic heterocycles. The number of aliphatic hydroxyl groups excluding tert-OH is 1. The van der Waals surface area contributed by atoms with E-state index in [1.807, 2.05) is 51.2 Å². The molecule has 4 rings (SSSR count). The Balaban J connectivity index is 1.27. The fraction of sp³-hybridized carbons (Fsp3) is 0.562. The summed E-state index contributed by atoms with van der Waals surface area (Å²) in [6.07, 6.45) is 2.02. The van der Waals surface area contributed by atoms with E-state index >= 15 is 0 Å². The number of carbonyl (C=O) groups excluding carboxylic acids is 1. The van der Waals surface area contributed by atoms with Gasteiger partial charge in [-0.05, 0) is 87.4 Å². The van der Waals surface area contributed by atoms with Crippen LogP contribution in [0.1, 0.15) is 56.2 Å². The molecule has 1 heterocycles. The molecule has 0 radical (unpaired) electrons. The third-order valence-electron chi connectivity index (χ3n) is 8.39. The zero-order chi connectivity index (χ0) is 29.5. The number of anilines is 1. The molecule has 224 valence electrons. The SMILES string of the molecule is CCOC(O)Cc1cccc(OC2CCC(C(=O)N(C)c3ccc(CN4CCN(C(=O)O)[C@@H](C)C4)c(C)c3)CC2)c1. The summed E-state index contributed by atoms with van der Waals surface area (Å²) >= 11 is 0. The van der Waals surface area contributed by atoms with Gasteiger partial charge in [-0.15, -0.1) is 0 Å². The average molecular weight is 568 g/mol. The van der Waals surface area contributed by atoms with Crippen LogP contribution in [0, 0.1) is 12.8 Å². The number of aliphatic hydroxyl groups is 1. The van der Waals surface area contributed by atoms with Gasteiger partial charge in [0.1, 0.15) is 5.75 Å². The number of hydrogen-bond acceptors (Lipinski definition) is 6. The third-order valence-corrected chi connectivity index (χ3v) is 8.39. The van der Waals surface area contributed by atoms with E-state index in [1.165, 1.54) is 10.5 Å². The first-order valence-electron chi connectivity index (χ1n) is 14.8. The topological polar surface area (TPSA) is 103 Å². The molecule has 2 amide bonds. The number of rotatable bonds is 10. The van der Waals surface area contributed by atoms with Gasteiger partial charge in [0.2, 0.25) is 5.91 Å². The van der Waals surface area contributed by atoms with Crippen LogP contribution in [0.25, 0.3) is 0 Å². The van der Waals surface area contributed by atoms with Crippen LogP contribution in [0.2, 0.25) is 0 Å². The minimum absolute atomic E-state index is 0.0282. The summed E-state index contributed by atoms with van der Waals surface area (Å²) in [7, 11) is 1.86. The largest absolute Gasteiger partial charge is 0.490 e. The Kier molecular flexibility index (Phi) is 10.6. The van der Waals surface area contributed by atoms with Gasteiger partial charge < -0.3 is 29.5 Å². The van der Waals surface area contributed by atoms with Crippen LogP contribution in [0.3, 0.4) is 0 Å². The maximum atomic E-state index is 13.4. The number of carbonyl (C=O) groups is 2. The number of aryl methyl sites for hydroxylation is 1. The van der Waals surface area contributed by atoms with Crippen LogP contribution in [0.5, 0.6) is 5.75 Å². The molecule has 41 heavy (non-hydrogen) atoms. The van der Waals surface area contributed by atoms with Crippen LogP contribution in [0.4, 0.5) is 10.5 Å². The summed E-state index contributed by atoms with van der Waals surface area (Å²) in [5, 5.41) is 19.3. The Morgan fingerprint density at radius 1 is 1.10 bits per heavy atom. The summed E-state index contributed by atoms with van der Waals surface area (Å²) < 4.78 is 11.5. The molecule has 2 aliphatic rings. The van der Waals surface area contributed by atoms with Crippen molar-refractivity contribution in [2.75, 3.05) is 38.2 Å². The van der Waals surface area contributed by atoms with Crippen LogP contribution in [-0.4, -0.2) is 83.7 Å². The molecule has 2 aromatic carbocycles. The second kappa shape index (κ2) is 14.2. The van der Waals surface area contributed by atoms with Crippen LogP contribution < -0.4 is 9.64 Å². The maximum absolute atomic E-state index is 13.4. The molecule has 0 bridgehead atoms. The van der Waals surface area contributed by atoms with Gasteiger partial charge in [0.25, 0.3) is 0 Å². The quantitative estimate of drug-likeness (QED) is 0.402. The Labute approximate surface area is 243 Å². The Bertz CT molecular complexity index is 1180. The zero-order valence-corrected chi connectivity index (χ0v) is 24.8. The van der Waals surface area contributed by atoms with Gasteiger partial charge in [-0.2, -0.15) is 0 Å². The highest BCUT2D eigenvalue weighted by Gasteiger charge is 2.30. The lowest BCUT2D eigenvalue weighted by Gasteiger charge is -2.38. The first-order valence-corrected chi connectivity index (χ1v) is 14.8. The molecule has 0 aromatic heterocycles. The highest BCUT2D eigenvalue weighted by molar-refractivity contribution is 5.94. The summed E-state index contributed by atoms with van der Waals surface area (Å²) in [5.74, 6) is 0.896. The molecular weight excluding hydrogens is 522 g/mol. The molecule has 2 aromatic rings. The molecule has 1 unspecified atom stereocenters. The van der Waals surface area contributed by atoms with Crippen molar-refractivity contribution in [2.45, 2.75) is 77.9 Å². The molecule has 9 nitrogen and oxygen atoms in total. The molecule has 1 saturated carbocycles. The van der Waals surface area contributed by atoms with Gasteiger partial charge in [0.05, 0.1) is 6.10 Å². The molecule has 1 aliphatic carbocycles. The predicted octanol–water partition coefficient (Wildman–Crippen LogP) is 4.68. The van der Waals surface area contributed by atoms with E-state index in [9.17, 15) is 19.8 Å². The van der Waals surface area contributed by atoms with Crippen LogP contribution in [-0.2, 0) is 22.5 Å². The lowest BCUT2D eigenvalue weighted by molar-refractivity contribution is -0.123. The molecular formula is C32H45N3O6. The molecule has 2 atom stereocenters. The molecule has 2 fully saturated rings. The van der Waals surface area contributed by atoms with Crippen molar-refractivity contribution < 1.29 is 29.3 Å². The Morgan fingerprint density at radius 2 is 1.85 bits per heavy atom.